The van der Waals surface area contributed by atoms with Crippen molar-refractivity contribution >= 4 is 29.9 Å². The van der Waals surface area contributed by atoms with Crippen molar-refractivity contribution in [2.45, 2.75) is 13.1 Å². The molecular formula is C20H25IN6O. The Morgan fingerprint density at radius 3 is 2.68 bits per heavy atom. The number of benzene rings is 2. The van der Waals surface area contributed by atoms with Crippen LogP contribution in [-0.2, 0) is 17.8 Å². The minimum absolute atomic E-state index is 0. The van der Waals surface area contributed by atoms with Crippen LogP contribution in [0.25, 0.3) is 11.1 Å². The number of aromatic nitrogens is 3. The van der Waals surface area contributed by atoms with Gasteiger partial charge in [-0.2, -0.15) is 5.10 Å². The first kappa shape index (κ1) is 21.8. The molecule has 0 unspecified atom stereocenters. The van der Waals surface area contributed by atoms with Gasteiger partial charge >= 0.3 is 0 Å². The molecule has 7 nitrogen and oxygen atoms in total. The van der Waals surface area contributed by atoms with E-state index in [-0.39, 0.29) is 24.0 Å². The van der Waals surface area contributed by atoms with Crippen molar-refractivity contribution in [1.82, 2.24) is 20.1 Å². The van der Waals surface area contributed by atoms with E-state index in [1.165, 1.54) is 5.56 Å². The monoisotopic (exact) mass is 492 g/mol. The molecule has 0 atom stereocenters. The maximum Gasteiger partial charge on any atom is 0.188 e. The van der Waals surface area contributed by atoms with Gasteiger partial charge in [0, 0.05) is 13.7 Å². The number of hydrogen-bond acceptors (Lipinski definition) is 4. The van der Waals surface area contributed by atoms with E-state index in [1.54, 1.807) is 24.4 Å². The van der Waals surface area contributed by atoms with Crippen molar-refractivity contribution in [1.29, 1.82) is 0 Å². The Kier molecular flexibility index (Phi) is 8.89. The number of rotatable bonds is 8. The molecule has 28 heavy (non-hydrogen) atoms. The van der Waals surface area contributed by atoms with E-state index < -0.39 is 0 Å². The van der Waals surface area contributed by atoms with Crippen LogP contribution in [0.3, 0.4) is 0 Å². The van der Waals surface area contributed by atoms with Crippen LogP contribution in [0.15, 0.2) is 66.2 Å². The van der Waals surface area contributed by atoms with E-state index in [2.05, 4.69) is 56.8 Å². The van der Waals surface area contributed by atoms with Crippen LogP contribution in [0.1, 0.15) is 11.1 Å². The van der Waals surface area contributed by atoms with Gasteiger partial charge in [0.1, 0.15) is 12.7 Å². The molecule has 3 rings (SSSR count). The van der Waals surface area contributed by atoms with Crippen LogP contribution < -0.4 is 11.1 Å². The lowest BCUT2D eigenvalue weighted by molar-refractivity contribution is 0.204. The SMILES string of the molecule is COCCNC(N)=NCc1ccccc1-c1ccc(Cn2cncn2)cc1.I. The van der Waals surface area contributed by atoms with Gasteiger partial charge in [0.15, 0.2) is 5.96 Å². The van der Waals surface area contributed by atoms with Crippen LogP contribution in [-0.4, -0.2) is 41.0 Å². The second-order valence-corrected chi connectivity index (χ2v) is 6.07. The maximum atomic E-state index is 5.91. The number of nitrogens with two attached hydrogens (primary N) is 1. The summed E-state index contributed by atoms with van der Waals surface area (Å²) in [5.74, 6) is 0.421. The van der Waals surface area contributed by atoms with Crippen LogP contribution in [0.5, 0.6) is 0 Å². The van der Waals surface area contributed by atoms with Gasteiger partial charge in [-0.25, -0.2) is 14.7 Å². The minimum atomic E-state index is 0. The Hall–Kier alpha value is -2.46. The van der Waals surface area contributed by atoms with Gasteiger partial charge in [-0.1, -0.05) is 48.5 Å². The van der Waals surface area contributed by atoms with Crippen LogP contribution >= 0.6 is 24.0 Å². The maximum absolute atomic E-state index is 5.91. The highest BCUT2D eigenvalue weighted by Gasteiger charge is 2.05. The molecule has 0 radical (unpaired) electrons. The molecule has 0 spiro atoms. The lowest BCUT2D eigenvalue weighted by Gasteiger charge is -2.10. The first-order valence-corrected chi connectivity index (χ1v) is 8.78. The molecule has 148 valence electrons. The summed E-state index contributed by atoms with van der Waals surface area (Å²) in [6, 6.07) is 16.7. The first-order chi connectivity index (χ1) is 13.3. The third-order valence-corrected chi connectivity index (χ3v) is 4.13. The lowest BCUT2D eigenvalue weighted by Crippen LogP contribution is -2.34. The van der Waals surface area contributed by atoms with E-state index in [1.807, 2.05) is 12.1 Å². The smallest absolute Gasteiger partial charge is 0.188 e. The normalized spacial score (nSPS) is 11.1. The molecule has 3 aromatic rings. The number of aliphatic imine (C=N–C) groups is 1. The zero-order valence-corrected chi connectivity index (χ0v) is 18.1. The third-order valence-electron chi connectivity index (χ3n) is 4.13. The summed E-state index contributed by atoms with van der Waals surface area (Å²) in [5.41, 5.74) is 10.5. The lowest BCUT2D eigenvalue weighted by atomic mass is 9.98. The Bertz CT molecular complexity index is 865. The summed E-state index contributed by atoms with van der Waals surface area (Å²) in [7, 11) is 1.66. The Balaban J connectivity index is 0.00000280. The highest BCUT2D eigenvalue weighted by Crippen LogP contribution is 2.24. The van der Waals surface area contributed by atoms with Gasteiger partial charge in [-0.15, -0.1) is 24.0 Å². The number of nitrogens with zero attached hydrogens (tertiary/aromatic N) is 4. The van der Waals surface area contributed by atoms with Crippen LogP contribution in [0, 0.1) is 0 Å². The molecule has 1 heterocycles. The number of ether oxygens (including phenoxy) is 1. The van der Waals surface area contributed by atoms with Gasteiger partial charge in [0.25, 0.3) is 0 Å². The van der Waals surface area contributed by atoms with Gasteiger partial charge in [0.05, 0.1) is 19.7 Å². The van der Waals surface area contributed by atoms with E-state index in [0.29, 0.717) is 32.2 Å². The molecule has 2 aromatic carbocycles. The highest BCUT2D eigenvalue weighted by atomic mass is 127. The average molecular weight is 492 g/mol. The van der Waals surface area contributed by atoms with Gasteiger partial charge < -0.3 is 15.8 Å². The van der Waals surface area contributed by atoms with E-state index in [0.717, 1.165) is 16.7 Å². The second kappa shape index (κ2) is 11.4. The van der Waals surface area contributed by atoms with E-state index in [4.69, 9.17) is 10.5 Å². The fourth-order valence-corrected chi connectivity index (χ4v) is 2.74. The quantitative estimate of drug-likeness (QED) is 0.219. The van der Waals surface area contributed by atoms with Crippen molar-refractivity contribution in [2.75, 3.05) is 20.3 Å². The Morgan fingerprint density at radius 1 is 1.18 bits per heavy atom. The summed E-state index contributed by atoms with van der Waals surface area (Å²) >= 11 is 0. The molecule has 0 aliphatic rings. The molecule has 1 aromatic heterocycles. The topological polar surface area (TPSA) is 90.3 Å². The summed E-state index contributed by atoms with van der Waals surface area (Å²) in [5, 5.41) is 7.17. The first-order valence-electron chi connectivity index (χ1n) is 8.78. The predicted octanol–water partition coefficient (Wildman–Crippen LogP) is 2.66. The standard InChI is InChI=1S/C20H24N6O.HI/c1-27-11-10-23-20(21)24-12-18-4-2-3-5-19(18)17-8-6-16(7-9-17)13-26-15-22-14-25-26;/h2-9,14-15H,10-13H2,1H3,(H3,21,23,24);1H. The van der Waals surface area contributed by atoms with Gasteiger partial charge in [-0.05, 0) is 22.3 Å². The minimum Gasteiger partial charge on any atom is -0.383 e. The molecule has 8 heteroatoms. The van der Waals surface area contributed by atoms with Crippen molar-refractivity contribution in [2.24, 2.45) is 10.7 Å². The molecule has 0 saturated heterocycles. The molecule has 0 aliphatic heterocycles. The number of methoxy groups -OCH3 is 1. The molecule has 3 N–H and O–H groups in total. The highest BCUT2D eigenvalue weighted by molar-refractivity contribution is 14.0. The molecule has 0 amide bonds. The zero-order chi connectivity index (χ0) is 18.9. The summed E-state index contributed by atoms with van der Waals surface area (Å²) < 4.78 is 6.80. The molecular weight excluding hydrogens is 467 g/mol. The summed E-state index contributed by atoms with van der Waals surface area (Å²) in [6.07, 6.45) is 3.26. The van der Waals surface area contributed by atoms with Crippen LogP contribution in [0.2, 0.25) is 0 Å². The zero-order valence-electron chi connectivity index (χ0n) is 15.8. The second-order valence-electron chi connectivity index (χ2n) is 6.07. The number of hydrogen-bond donors (Lipinski definition) is 2. The third kappa shape index (κ3) is 6.31. The fraction of sp³-hybridized carbons (Fsp3) is 0.250. The van der Waals surface area contributed by atoms with Crippen LogP contribution in [0.4, 0.5) is 0 Å². The van der Waals surface area contributed by atoms with Crippen molar-refractivity contribution in [3.05, 3.63) is 72.3 Å². The van der Waals surface area contributed by atoms with Crippen molar-refractivity contribution in [3.8, 4) is 11.1 Å². The van der Waals surface area contributed by atoms with E-state index in [9.17, 15) is 0 Å². The number of nitrogens with one attached hydrogen (secondary N) is 1. The molecule has 0 fully saturated rings. The predicted molar refractivity (Wildman–Crippen MR) is 122 cm³/mol. The van der Waals surface area contributed by atoms with Gasteiger partial charge in [0.2, 0.25) is 0 Å². The Labute approximate surface area is 182 Å². The molecule has 0 bridgehead atoms. The molecule has 0 saturated carbocycles. The van der Waals surface area contributed by atoms with Gasteiger partial charge in [-0.3, -0.25) is 0 Å². The average Bonchev–Trinajstić information content (AvgIpc) is 3.20. The van der Waals surface area contributed by atoms with E-state index >= 15 is 0 Å². The largest absolute Gasteiger partial charge is 0.383 e. The van der Waals surface area contributed by atoms with Crippen molar-refractivity contribution < 1.29 is 4.74 Å². The van der Waals surface area contributed by atoms with Crippen molar-refractivity contribution in [3.63, 3.8) is 0 Å². The molecule has 0 aliphatic carbocycles. The number of halogens is 1. The number of guanidine groups is 1. The Morgan fingerprint density at radius 2 is 1.96 bits per heavy atom. The fourth-order valence-electron chi connectivity index (χ4n) is 2.74. The summed E-state index contributed by atoms with van der Waals surface area (Å²) in [6.45, 7) is 2.45. The summed E-state index contributed by atoms with van der Waals surface area (Å²) in [4.78, 5) is 8.40.